The number of nitrogens with zero attached hydrogens (tertiary/aromatic N) is 1. The third kappa shape index (κ3) is 3.18. The van der Waals surface area contributed by atoms with E-state index >= 15 is 0 Å². The normalized spacial score (nSPS) is 12.4. The predicted molar refractivity (Wildman–Crippen MR) is 51.9 cm³/mol. The number of carbonyl (C=O) groups excluding carboxylic acids is 1. The second-order valence-electron chi connectivity index (χ2n) is 3.26. The van der Waals surface area contributed by atoms with Crippen molar-refractivity contribution >= 4 is 5.91 Å². The van der Waals surface area contributed by atoms with Crippen molar-refractivity contribution in [3.05, 3.63) is 18.0 Å². The van der Waals surface area contributed by atoms with Crippen LogP contribution in [0.1, 0.15) is 17.4 Å². The molecule has 2 N–H and O–H groups in total. The van der Waals surface area contributed by atoms with Crippen LogP contribution in [0.4, 0.5) is 0 Å². The molecule has 14 heavy (non-hydrogen) atoms. The summed E-state index contributed by atoms with van der Waals surface area (Å²) in [5, 5.41) is 9.35. The largest absolute Gasteiger partial charge is 0.364 e. The number of hydrogen-bond donors (Lipinski definition) is 2. The Kier molecular flexibility index (Phi) is 4.12. The predicted octanol–water partition coefficient (Wildman–Crippen LogP) is 0.260. The number of hydrogen-bond acceptors (Lipinski definition) is 4. The van der Waals surface area contributed by atoms with Gasteiger partial charge < -0.3 is 15.2 Å². The lowest BCUT2D eigenvalue weighted by Crippen LogP contribution is -2.32. The molecule has 0 fully saturated rings. The molecule has 1 heterocycles. The van der Waals surface area contributed by atoms with Crippen molar-refractivity contribution in [2.45, 2.75) is 6.92 Å². The molecule has 1 amide bonds. The van der Waals surface area contributed by atoms with Crippen LogP contribution in [0.25, 0.3) is 0 Å². The molecule has 0 aliphatic carbocycles. The lowest BCUT2D eigenvalue weighted by atomic mass is 10.2. The first-order valence-corrected chi connectivity index (χ1v) is 4.57. The molecule has 0 radical (unpaired) electrons. The summed E-state index contributed by atoms with van der Waals surface area (Å²) < 4.78 is 4.57. The van der Waals surface area contributed by atoms with Crippen molar-refractivity contribution < 1.29 is 9.32 Å². The van der Waals surface area contributed by atoms with Gasteiger partial charge in [-0.05, 0) is 19.5 Å². The van der Waals surface area contributed by atoms with E-state index in [9.17, 15) is 4.79 Å². The Hall–Kier alpha value is -1.36. The summed E-state index contributed by atoms with van der Waals surface area (Å²) in [5.74, 6) is 0.206. The highest BCUT2D eigenvalue weighted by Gasteiger charge is 2.09. The molecule has 78 valence electrons. The van der Waals surface area contributed by atoms with Crippen LogP contribution in [0.3, 0.4) is 0 Å². The minimum Gasteiger partial charge on any atom is -0.364 e. The first kappa shape index (κ1) is 10.7. The number of amides is 1. The van der Waals surface area contributed by atoms with Crippen LogP contribution in [0.2, 0.25) is 0 Å². The third-order valence-corrected chi connectivity index (χ3v) is 1.83. The summed E-state index contributed by atoms with van der Waals surface area (Å²) in [4.78, 5) is 11.4. The average molecular weight is 197 g/mol. The van der Waals surface area contributed by atoms with E-state index in [2.05, 4.69) is 27.2 Å². The highest BCUT2D eigenvalue weighted by atomic mass is 16.5. The van der Waals surface area contributed by atoms with Crippen molar-refractivity contribution in [2.75, 3.05) is 20.1 Å². The maximum atomic E-state index is 11.4. The van der Waals surface area contributed by atoms with Gasteiger partial charge >= 0.3 is 0 Å². The van der Waals surface area contributed by atoms with Gasteiger partial charge in [0.25, 0.3) is 5.91 Å². The quantitative estimate of drug-likeness (QED) is 0.710. The Morgan fingerprint density at radius 2 is 2.43 bits per heavy atom. The number of aromatic nitrogens is 1. The minimum absolute atomic E-state index is 0.193. The van der Waals surface area contributed by atoms with Crippen LogP contribution in [0, 0.1) is 5.92 Å². The fourth-order valence-corrected chi connectivity index (χ4v) is 1.11. The molecular formula is C9H15N3O2. The zero-order valence-electron chi connectivity index (χ0n) is 8.41. The van der Waals surface area contributed by atoms with Crippen LogP contribution < -0.4 is 10.6 Å². The van der Waals surface area contributed by atoms with Crippen LogP contribution in [-0.4, -0.2) is 31.2 Å². The van der Waals surface area contributed by atoms with E-state index in [0.717, 1.165) is 6.54 Å². The summed E-state index contributed by atoms with van der Waals surface area (Å²) in [7, 11) is 1.88. The summed E-state index contributed by atoms with van der Waals surface area (Å²) in [5.41, 5.74) is 0.321. The first-order chi connectivity index (χ1) is 6.74. The van der Waals surface area contributed by atoms with E-state index in [4.69, 9.17) is 0 Å². The van der Waals surface area contributed by atoms with Gasteiger partial charge in [0.05, 0.1) is 0 Å². The maximum absolute atomic E-state index is 11.4. The van der Waals surface area contributed by atoms with Crippen LogP contribution in [0.5, 0.6) is 0 Å². The molecule has 1 atom stereocenters. The molecule has 0 aliphatic rings. The van der Waals surface area contributed by atoms with Crippen LogP contribution >= 0.6 is 0 Å². The van der Waals surface area contributed by atoms with Gasteiger partial charge in [-0.25, -0.2) is 0 Å². The lowest BCUT2D eigenvalue weighted by Gasteiger charge is -2.10. The van der Waals surface area contributed by atoms with Crippen molar-refractivity contribution in [2.24, 2.45) is 5.92 Å². The summed E-state index contributed by atoms with van der Waals surface area (Å²) in [6.07, 6.45) is 1.38. The van der Waals surface area contributed by atoms with Gasteiger partial charge in [-0.3, -0.25) is 4.79 Å². The Balaban J connectivity index is 2.28. The van der Waals surface area contributed by atoms with Crippen molar-refractivity contribution in [3.8, 4) is 0 Å². The average Bonchev–Trinajstić information content (AvgIpc) is 2.67. The third-order valence-electron chi connectivity index (χ3n) is 1.83. The second kappa shape index (κ2) is 5.39. The number of rotatable bonds is 5. The Labute approximate surface area is 82.8 Å². The fourth-order valence-electron chi connectivity index (χ4n) is 1.11. The summed E-state index contributed by atoms with van der Waals surface area (Å²) in [6.45, 7) is 3.56. The van der Waals surface area contributed by atoms with Gasteiger partial charge in [-0.15, -0.1) is 0 Å². The highest BCUT2D eigenvalue weighted by Crippen LogP contribution is 1.95. The molecule has 0 aliphatic heterocycles. The highest BCUT2D eigenvalue weighted by molar-refractivity contribution is 5.91. The van der Waals surface area contributed by atoms with Gasteiger partial charge in [0, 0.05) is 12.6 Å². The number of carbonyl (C=O) groups is 1. The van der Waals surface area contributed by atoms with E-state index in [-0.39, 0.29) is 5.91 Å². The maximum Gasteiger partial charge on any atom is 0.273 e. The van der Waals surface area contributed by atoms with Crippen LogP contribution in [-0.2, 0) is 0 Å². The monoisotopic (exact) mass is 197 g/mol. The van der Waals surface area contributed by atoms with Crippen molar-refractivity contribution in [1.82, 2.24) is 15.8 Å². The van der Waals surface area contributed by atoms with Gasteiger partial charge in [0.2, 0.25) is 0 Å². The summed E-state index contributed by atoms with van der Waals surface area (Å²) in [6, 6.07) is 1.54. The van der Waals surface area contributed by atoms with E-state index in [0.29, 0.717) is 18.2 Å². The zero-order chi connectivity index (χ0) is 10.4. The van der Waals surface area contributed by atoms with Crippen molar-refractivity contribution in [3.63, 3.8) is 0 Å². The van der Waals surface area contributed by atoms with Gasteiger partial charge in [-0.2, -0.15) is 0 Å². The number of nitrogens with one attached hydrogen (secondary N) is 2. The first-order valence-electron chi connectivity index (χ1n) is 4.57. The standard InChI is InChI=1S/C9H15N3O2/c1-7(5-10-2)6-11-9(13)8-3-4-14-12-8/h3-4,7,10H,5-6H2,1-2H3,(H,11,13). The summed E-state index contributed by atoms with van der Waals surface area (Å²) >= 11 is 0. The molecule has 5 nitrogen and oxygen atoms in total. The van der Waals surface area contributed by atoms with Crippen LogP contribution in [0.15, 0.2) is 16.9 Å². The van der Waals surface area contributed by atoms with Gasteiger partial charge in [-0.1, -0.05) is 12.1 Å². The minimum atomic E-state index is -0.193. The molecule has 5 heteroatoms. The molecule has 0 bridgehead atoms. The van der Waals surface area contributed by atoms with Gasteiger partial charge in [0.1, 0.15) is 6.26 Å². The van der Waals surface area contributed by atoms with E-state index < -0.39 is 0 Å². The van der Waals surface area contributed by atoms with E-state index in [1.54, 1.807) is 0 Å². The SMILES string of the molecule is CNCC(C)CNC(=O)c1ccon1. The molecule has 1 unspecified atom stereocenters. The molecule has 0 aromatic carbocycles. The topological polar surface area (TPSA) is 67.2 Å². The van der Waals surface area contributed by atoms with E-state index in [1.165, 1.54) is 12.3 Å². The second-order valence-corrected chi connectivity index (χ2v) is 3.26. The Morgan fingerprint density at radius 1 is 1.64 bits per heavy atom. The van der Waals surface area contributed by atoms with Crippen molar-refractivity contribution in [1.29, 1.82) is 0 Å². The molecule has 1 aromatic heterocycles. The van der Waals surface area contributed by atoms with Gasteiger partial charge in [0.15, 0.2) is 5.69 Å². The molecule has 0 saturated heterocycles. The molecule has 1 rings (SSSR count). The fraction of sp³-hybridized carbons (Fsp3) is 0.556. The Morgan fingerprint density at radius 3 is 3.00 bits per heavy atom. The zero-order valence-corrected chi connectivity index (χ0v) is 8.41. The molecule has 0 spiro atoms. The Bertz CT molecular complexity index is 272. The lowest BCUT2D eigenvalue weighted by molar-refractivity contribution is 0.0939. The molecular weight excluding hydrogens is 182 g/mol. The molecule has 0 saturated carbocycles. The molecule has 1 aromatic rings. The van der Waals surface area contributed by atoms with E-state index in [1.807, 2.05) is 7.05 Å². The smallest absolute Gasteiger partial charge is 0.273 e.